The van der Waals surface area contributed by atoms with Crippen LogP contribution in [0.5, 0.6) is 0 Å². The van der Waals surface area contributed by atoms with Crippen molar-refractivity contribution in [3.05, 3.63) is 83.7 Å². The van der Waals surface area contributed by atoms with Crippen molar-refractivity contribution in [2.45, 2.75) is 24.8 Å². The van der Waals surface area contributed by atoms with Crippen LogP contribution in [0.4, 0.5) is 39.5 Å². The maximum absolute atomic E-state index is 13.4. The highest BCUT2D eigenvalue weighted by molar-refractivity contribution is 5.82. The molecule has 0 fully saturated rings. The first-order chi connectivity index (χ1) is 18.9. The Morgan fingerprint density at radius 3 is 1.78 bits per heavy atom. The maximum Gasteiger partial charge on any atom is 0.490 e. The number of carbonyl (C=O) groups is 2. The number of hydrogen-bond acceptors (Lipinski definition) is 5. The molecule has 0 bridgehead atoms. The van der Waals surface area contributed by atoms with Crippen LogP contribution in [0.1, 0.15) is 17.4 Å². The van der Waals surface area contributed by atoms with Crippen molar-refractivity contribution in [1.29, 1.82) is 0 Å². The minimum atomic E-state index is -5.08. The molecule has 4 aromatic rings. The van der Waals surface area contributed by atoms with Crippen molar-refractivity contribution >= 4 is 23.0 Å². The number of aliphatic carboxylic acids is 2. The molecule has 4 rings (SSSR count). The van der Waals surface area contributed by atoms with E-state index in [4.69, 9.17) is 25.5 Å². The number of H-pyrrole nitrogens is 1. The van der Waals surface area contributed by atoms with Crippen LogP contribution in [0.3, 0.4) is 0 Å². The number of aromatic amines is 1. The molecular formula is C24H17F9N4O4. The van der Waals surface area contributed by atoms with Gasteiger partial charge in [0.15, 0.2) is 17.5 Å². The van der Waals surface area contributed by atoms with E-state index in [9.17, 15) is 39.5 Å². The molecule has 0 amide bonds. The highest BCUT2D eigenvalue weighted by Crippen LogP contribution is 2.25. The third-order valence-electron chi connectivity index (χ3n) is 4.85. The van der Waals surface area contributed by atoms with E-state index in [0.717, 1.165) is 34.3 Å². The van der Waals surface area contributed by atoms with Gasteiger partial charge in [0, 0.05) is 12.4 Å². The van der Waals surface area contributed by atoms with Gasteiger partial charge in [0.05, 0.1) is 17.1 Å². The van der Waals surface area contributed by atoms with Crippen LogP contribution in [0.2, 0.25) is 0 Å². The summed E-state index contributed by atoms with van der Waals surface area (Å²) in [5, 5.41) is 14.2. The van der Waals surface area contributed by atoms with Crippen molar-refractivity contribution in [3.8, 4) is 11.1 Å². The Bertz CT molecular complexity index is 1460. The van der Waals surface area contributed by atoms with Gasteiger partial charge in [-0.25, -0.2) is 27.7 Å². The second-order valence-corrected chi connectivity index (χ2v) is 7.88. The number of nitrogens with two attached hydrogens (primary N) is 1. The van der Waals surface area contributed by atoms with E-state index in [1.165, 1.54) is 0 Å². The molecule has 2 aromatic heterocycles. The molecule has 5 N–H and O–H groups in total. The number of nitrogens with one attached hydrogen (secondary N) is 1. The third kappa shape index (κ3) is 9.48. The molecule has 41 heavy (non-hydrogen) atoms. The molecular weight excluding hydrogens is 579 g/mol. The largest absolute Gasteiger partial charge is 0.490 e. The molecule has 0 radical (unpaired) electrons. The number of aromatic nitrogens is 3. The van der Waals surface area contributed by atoms with Gasteiger partial charge in [-0.05, 0) is 59.5 Å². The molecule has 2 aromatic carbocycles. The van der Waals surface area contributed by atoms with Crippen molar-refractivity contribution < 1.29 is 59.3 Å². The first-order valence-electron chi connectivity index (χ1n) is 10.8. The first kappa shape index (κ1) is 32.5. The van der Waals surface area contributed by atoms with Crippen LogP contribution < -0.4 is 5.73 Å². The van der Waals surface area contributed by atoms with E-state index in [2.05, 4.69) is 15.0 Å². The Labute approximate surface area is 223 Å². The Morgan fingerprint density at radius 2 is 1.32 bits per heavy atom. The number of fused-ring (bicyclic) bond motifs is 1. The number of carboxylic acids is 2. The van der Waals surface area contributed by atoms with Gasteiger partial charge >= 0.3 is 24.3 Å². The lowest BCUT2D eigenvalue weighted by atomic mass is 10.1. The lowest BCUT2D eigenvalue weighted by Crippen LogP contribution is -2.21. The van der Waals surface area contributed by atoms with E-state index in [1.54, 1.807) is 12.4 Å². The van der Waals surface area contributed by atoms with Gasteiger partial charge in [-0.1, -0.05) is 6.07 Å². The number of hydrogen-bond donors (Lipinski definition) is 4. The zero-order valence-electron chi connectivity index (χ0n) is 20.1. The summed E-state index contributed by atoms with van der Waals surface area (Å²) in [4.78, 5) is 29.4. The number of carboxylic acid groups (broad SMARTS) is 2. The smallest absolute Gasteiger partial charge is 0.475 e. The molecule has 0 aliphatic heterocycles. The van der Waals surface area contributed by atoms with Crippen LogP contribution >= 0.6 is 0 Å². The van der Waals surface area contributed by atoms with Crippen molar-refractivity contribution in [1.82, 2.24) is 15.0 Å². The lowest BCUT2D eigenvalue weighted by Gasteiger charge is -2.09. The number of halogens is 9. The minimum absolute atomic E-state index is 0.116. The molecule has 0 aliphatic carbocycles. The van der Waals surface area contributed by atoms with E-state index >= 15 is 0 Å². The monoisotopic (exact) mass is 596 g/mol. The standard InChI is InChI=1S/C20H15F3N4.2C2HF3O2/c21-14-7-11(8-15(22)19(14)23)9-16(24)20-26-17-2-1-13(10-18(17)27-20)12-3-5-25-6-4-12;2*3-2(4,5)1(6)7/h1-8,10,16H,9,24H2,(H,26,27);2*(H,6,7)/t16-;;/m1../s1. The van der Waals surface area contributed by atoms with Crippen LogP contribution in [-0.4, -0.2) is 49.5 Å². The lowest BCUT2D eigenvalue weighted by molar-refractivity contribution is -0.193. The Morgan fingerprint density at radius 1 is 0.829 bits per heavy atom. The van der Waals surface area contributed by atoms with Crippen molar-refractivity contribution in [2.75, 3.05) is 0 Å². The van der Waals surface area contributed by atoms with Gasteiger partial charge < -0.3 is 20.9 Å². The molecule has 8 nitrogen and oxygen atoms in total. The summed E-state index contributed by atoms with van der Waals surface area (Å²) in [6.07, 6.45) is -6.62. The number of imidazole rings is 1. The number of benzene rings is 2. The average Bonchev–Trinajstić information content (AvgIpc) is 3.31. The topological polar surface area (TPSA) is 142 Å². The summed E-state index contributed by atoms with van der Waals surface area (Å²) >= 11 is 0. The molecule has 220 valence electrons. The molecule has 1 atom stereocenters. The zero-order valence-corrected chi connectivity index (χ0v) is 20.1. The molecule has 17 heteroatoms. The number of alkyl halides is 6. The zero-order chi connectivity index (χ0) is 31.1. The summed E-state index contributed by atoms with van der Waals surface area (Å²) in [7, 11) is 0. The van der Waals surface area contributed by atoms with E-state index in [0.29, 0.717) is 5.82 Å². The Balaban J connectivity index is 0.000000349. The van der Waals surface area contributed by atoms with E-state index in [-0.39, 0.29) is 12.0 Å². The fourth-order valence-electron chi connectivity index (χ4n) is 3.01. The fraction of sp³-hybridized carbons (Fsp3) is 0.167. The summed E-state index contributed by atoms with van der Waals surface area (Å²) < 4.78 is 103. The van der Waals surface area contributed by atoms with Crippen LogP contribution in [0, 0.1) is 17.5 Å². The quantitative estimate of drug-likeness (QED) is 0.179. The summed E-state index contributed by atoms with van der Waals surface area (Å²) in [6, 6.07) is 10.8. The van der Waals surface area contributed by atoms with Gasteiger partial charge in [-0.3, -0.25) is 4.98 Å². The summed E-state index contributed by atoms with van der Waals surface area (Å²) in [5.41, 5.74) is 9.94. The Kier molecular flexibility index (Phi) is 10.4. The minimum Gasteiger partial charge on any atom is -0.475 e. The summed E-state index contributed by atoms with van der Waals surface area (Å²) in [6.45, 7) is 0. The molecule has 0 spiro atoms. The van der Waals surface area contributed by atoms with Crippen LogP contribution in [-0.2, 0) is 16.0 Å². The van der Waals surface area contributed by atoms with E-state index < -0.39 is 47.8 Å². The summed E-state index contributed by atoms with van der Waals surface area (Å²) in [5.74, 6) is -8.98. The predicted octanol–water partition coefficient (Wildman–Crippen LogP) is 5.55. The predicted molar refractivity (Wildman–Crippen MR) is 124 cm³/mol. The number of rotatable bonds is 4. The fourth-order valence-corrected chi connectivity index (χ4v) is 3.01. The molecule has 0 aliphatic rings. The normalized spacial score (nSPS) is 12.0. The average molecular weight is 596 g/mol. The number of nitrogens with zero attached hydrogens (tertiary/aromatic N) is 2. The number of pyridine rings is 1. The third-order valence-corrected chi connectivity index (χ3v) is 4.85. The second-order valence-electron chi connectivity index (χ2n) is 7.88. The van der Waals surface area contributed by atoms with Gasteiger partial charge in [-0.2, -0.15) is 26.3 Å². The van der Waals surface area contributed by atoms with Gasteiger partial charge in [-0.15, -0.1) is 0 Å². The van der Waals surface area contributed by atoms with Gasteiger partial charge in [0.1, 0.15) is 5.82 Å². The SMILES string of the molecule is N[C@H](Cc1cc(F)c(F)c(F)c1)c1nc2ccc(-c3ccncc3)cc2[nH]1.O=C(O)C(F)(F)F.O=C(O)C(F)(F)F. The Hall–Kier alpha value is -4.67. The van der Waals surface area contributed by atoms with Crippen molar-refractivity contribution in [3.63, 3.8) is 0 Å². The molecule has 0 saturated heterocycles. The van der Waals surface area contributed by atoms with Crippen LogP contribution in [0.15, 0.2) is 54.9 Å². The van der Waals surface area contributed by atoms with Crippen molar-refractivity contribution in [2.24, 2.45) is 5.73 Å². The van der Waals surface area contributed by atoms with E-state index in [1.807, 2.05) is 30.3 Å². The first-order valence-corrected chi connectivity index (χ1v) is 10.8. The van der Waals surface area contributed by atoms with Crippen LogP contribution in [0.25, 0.3) is 22.2 Å². The maximum atomic E-state index is 13.4. The highest BCUT2D eigenvalue weighted by Gasteiger charge is 2.38. The second kappa shape index (κ2) is 13.1. The molecule has 2 heterocycles. The van der Waals surface area contributed by atoms with Gasteiger partial charge in [0.25, 0.3) is 0 Å². The highest BCUT2D eigenvalue weighted by atomic mass is 19.4. The molecule has 0 saturated carbocycles. The van der Waals surface area contributed by atoms with Gasteiger partial charge in [0.2, 0.25) is 0 Å². The molecule has 0 unspecified atom stereocenters.